The molecule has 0 saturated carbocycles. The van der Waals surface area contributed by atoms with Gasteiger partial charge >= 0.3 is 0 Å². The molecule has 0 spiro atoms. The lowest BCUT2D eigenvalue weighted by Crippen LogP contribution is -2.17. The molecule has 6 heterocycles. The molecule has 2 aromatic carbocycles. The number of aromatic nitrogens is 8. The van der Waals surface area contributed by atoms with Crippen molar-refractivity contribution in [3.8, 4) is 22.5 Å². The molecule has 254 valence electrons. The molecule has 0 aliphatic carbocycles. The van der Waals surface area contributed by atoms with E-state index in [1.165, 1.54) is 23.1 Å². The quantitative estimate of drug-likeness (QED) is 0.129. The van der Waals surface area contributed by atoms with Crippen LogP contribution in [0.1, 0.15) is 73.2 Å². The maximum absolute atomic E-state index is 6.22. The number of imidazole rings is 2. The minimum atomic E-state index is -0.0262. The number of benzene rings is 2. The second-order valence-corrected chi connectivity index (χ2v) is 13.9. The summed E-state index contributed by atoms with van der Waals surface area (Å²) in [7, 11) is 0. The molecule has 12 heteroatoms. The zero-order valence-electron chi connectivity index (χ0n) is 28.6. The Morgan fingerprint density at radius 1 is 0.673 bits per heavy atom. The lowest BCUT2D eigenvalue weighted by molar-refractivity contribution is -0.0299. The van der Waals surface area contributed by atoms with E-state index in [2.05, 4.69) is 88.6 Å². The second-order valence-electron chi connectivity index (χ2n) is 12.8. The Morgan fingerprint density at radius 2 is 1.18 bits per heavy atom. The van der Waals surface area contributed by atoms with Crippen molar-refractivity contribution in [2.45, 2.75) is 83.8 Å². The van der Waals surface area contributed by atoms with Crippen LogP contribution in [0, 0.1) is 27.7 Å². The summed E-state index contributed by atoms with van der Waals surface area (Å²) in [5.74, 6) is 0. The fourth-order valence-electron chi connectivity index (χ4n) is 6.72. The summed E-state index contributed by atoms with van der Waals surface area (Å²) in [6.45, 7) is 9.95. The van der Waals surface area contributed by atoms with Gasteiger partial charge in [-0.05, 0) is 95.2 Å². The van der Waals surface area contributed by atoms with Gasteiger partial charge in [-0.25, -0.2) is 24.9 Å². The van der Waals surface area contributed by atoms with Gasteiger partial charge in [0.05, 0.1) is 12.7 Å². The highest BCUT2D eigenvalue weighted by Crippen LogP contribution is 2.34. The summed E-state index contributed by atoms with van der Waals surface area (Å²) in [6, 6.07) is 12.7. The van der Waals surface area contributed by atoms with Crippen molar-refractivity contribution < 1.29 is 9.47 Å². The molecule has 0 amide bonds. The molecule has 2 fully saturated rings. The third kappa shape index (κ3) is 6.94. The fraction of sp³-hybridized carbons (Fsp3) is 0.405. The van der Waals surface area contributed by atoms with Crippen LogP contribution in [0.3, 0.4) is 0 Å². The Kier molecular flexibility index (Phi) is 9.96. The largest absolute Gasteiger partial charge is 0.358 e. The standard InChI is InChI=1S/C19H22N4OS.C18H19ClN4O/c1-12-7-8-14(13(2)10-12)16-17-18(22-19(21-16)25-3)23(11-20-17)15-6-4-5-9-24-15;1-11-6-7-13(12(2)9-11)15-16-17(22-18(19)21-15)23(10-20-16)14-5-3-4-8-24-14/h7-8,10-11,15H,4-6,9H2,1-3H3;6-7,9-10,14H,3-5,8H2,1-2H3. The molecule has 0 N–H and O–H groups in total. The molecule has 2 atom stereocenters. The molecule has 2 unspecified atom stereocenters. The lowest BCUT2D eigenvalue weighted by atomic mass is 10.0. The van der Waals surface area contributed by atoms with Crippen LogP contribution in [0.5, 0.6) is 0 Å². The number of halogens is 1. The number of nitrogens with zero attached hydrogens (tertiary/aromatic N) is 8. The molecule has 49 heavy (non-hydrogen) atoms. The number of hydrogen-bond acceptors (Lipinski definition) is 9. The number of thioether (sulfide) groups is 1. The first kappa shape index (κ1) is 33.6. The number of aryl methyl sites for hydroxylation is 4. The van der Waals surface area contributed by atoms with Gasteiger partial charge in [-0.15, -0.1) is 0 Å². The first-order valence-electron chi connectivity index (χ1n) is 16.9. The first-order chi connectivity index (χ1) is 23.8. The van der Waals surface area contributed by atoms with Crippen LogP contribution in [-0.4, -0.2) is 58.5 Å². The topological polar surface area (TPSA) is 106 Å². The van der Waals surface area contributed by atoms with Crippen LogP contribution in [0.2, 0.25) is 5.28 Å². The van der Waals surface area contributed by atoms with E-state index in [0.29, 0.717) is 0 Å². The van der Waals surface area contributed by atoms with Gasteiger partial charge in [0.15, 0.2) is 16.5 Å². The SMILES string of the molecule is CSc1nc(-c2ccc(C)cc2C)c2ncn(C3CCCCO3)c2n1.Cc1ccc(-c2nc(Cl)nc3c2ncn3C2CCCCO2)c(C)c1. The van der Waals surface area contributed by atoms with Crippen LogP contribution in [-0.2, 0) is 9.47 Å². The van der Waals surface area contributed by atoms with Crippen LogP contribution in [0.25, 0.3) is 44.8 Å². The van der Waals surface area contributed by atoms with Crippen molar-refractivity contribution in [1.82, 2.24) is 39.0 Å². The van der Waals surface area contributed by atoms with E-state index < -0.39 is 0 Å². The molecular formula is C37H41ClN8O2S. The van der Waals surface area contributed by atoms with Crippen molar-refractivity contribution in [3.63, 3.8) is 0 Å². The first-order valence-corrected chi connectivity index (χ1v) is 18.5. The second kappa shape index (κ2) is 14.5. The maximum atomic E-state index is 6.22. The summed E-state index contributed by atoms with van der Waals surface area (Å²) in [5.41, 5.74) is 11.8. The predicted molar refractivity (Wildman–Crippen MR) is 195 cm³/mol. The summed E-state index contributed by atoms with van der Waals surface area (Å²) < 4.78 is 15.9. The van der Waals surface area contributed by atoms with Gasteiger partial charge in [0.1, 0.15) is 34.9 Å². The summed E-state index contributed by atoms with van der Waals surface area (Å²) in [5, 5.41) is 0.995. The zero-order valence-corrected chi connectivity index (χ0v) is 30.2. The van der Waals surface area contributed by atoms with Gasteiger partial charge in [-0.3, -0.25) is 9.13 Å². The smallest absolute Gasteiger partial charge is 0.225 e. The van der Waals surface area contributed by atoms with E-state index in [4.69, 9.17) is 31.0 Å². The molecule has 4 aromatic heterocycles. The average Bonchev–Trinajstić information content (AvgIpc) is 3.74. The van der Waals surface area contributed by atoms with Crippen LogP contribution < -0.4 is 0 Å². The summed E-state index contributed by atoms with van der Waals surface area (Å²) in [6.07, 6.45) is 12.2. The maximum Gasteiger partial charge on any atom is 0.225 e. The predicted octanol–water partition coefficient (Wildman–Crippen LogP) is 8.99. The van der Waals surface area contributed by atoms with E-state index in [1.807, 2.05) is 17.2 Å². The Morgan fingerprint density at radius 3 is 1.65 bits per heavy atom. The number of rotatable bonds is 5. The Labute approximate surface area is 295 Å². The molecule has 8 rings (SSSR count). The zero-order chi connectivity index (χ0) is 34.1. The Balaban J connectivity index is 0.000000154. The Bertz CT molecular complexity index is 2120. The van der Waals surface area contributed by atoms with E-state index in [9.17, 15) is 0 Å². The highest BCUT2D eigenvalue weighted by molar-refractivity contribution is 7.98. The van der Waals surface area contributed by atoms with Crippen molar-refractivity contribution in [3.05, 3.63) is 76.6 Å². The van der Waals surface area contributed by atoms with Crippen molar-refractivity contribution in [1.29, 1.82) is 0 Å². The van der Waals surface area contributed by atoms with Crippen molar-refractivity contribution in [2.75, 3.05) is 19.5 Å². The van der Waals surface area contributed by atoms with Gasteiger partial charge in [0.2, 0.25) is 5.28 Å². The Hall–Kier alpha value is -3.90. The van der Waals surface area contributed by atoms with Gasteiger partial charge in [-0.1, -0.05) is 59.3 Å². The molecule has 10 nitrogen and oxygen atoms in total. The minimum Gasteiger partial charge on any atom is -0.358 e. The van der Waals surface area contributed by atoms with Crippen LogP contribution in [0.4, 0.5) is 0 Å². The molecule has 2 aliphatic rings. The van der Waals surface area contributed by atoms with Crippen molar-refractivity contribution in [2.24, 2.45) is 0 Å². The summed E-state index contributed by atoms with van der Waals surface area (Å²) in [4.78, 5) is 27.6. The van der Waals surface area contributed by atoms with Crippen LogP contribution >= 0.6 is 23.4 Å². The van der Waals surface area contributed by atoms with E-state index in [1.54, 1.807) is 18.1 Å². The average molecular weight is 697 g/mol. The van der Waals surface area contributed by atoms with Gasteiger partial charge in [0.25, 0.3) is 0 Å². The summed E-state index contributed by atoms with van der Waals surface area (Å²) >= 11 is 7.78. The van der Waals surface area contributed by atoms with E-state index in [-0.39, 0.29) is 17.7 Å². The van der Waals surface area contributed by atoms with Crippen molar-refractivity contribution >= 4 is 45.7 Å². The molecule has 2 saturated heterocycles. The number of hydrogen-bond donors (Lipinski definition) is 0. The molecule has 0 radical (unpaired) electrons. The lowest BCUT2D eigenvalue weighted by Gasteiger charge is -2.23. The normalized spacial score (nSPS) is 18.1. The third-order valence-electron chi connectivity index (χ3n) is 9.18. The van der Waals surface area contributed by atoms with E-state index >= 15 is 0 Å². The number of ether oxygens (including phenoxy) is 2. The third-order valence-corrected chi connectivity index (χ3v) is 9.90. The van der Waals surface area contributed by atoms with Gasteiger partial charge < -0.3 is 9.47 Å². The van der Waals surface area contributed by atoms with Gasteiger partial charge in [0, 0.05) is 24.3 Å². The highest BCUT2D eigenvalue weighted by atomic mass is 35.5. The van der Waals surface area contributed by atoms with Crippen LogP contribution in [0.15, 0.2) is 54.2 Å². The number of fused-ring (bicyclic) bond motifs is 2. The fourth-order valence-corrected chi connectivity index (χ4v) is 7.24. The molecule has 0 bridgehead atoms. The molecular weight excluding hydrogens is 656 g/mol. The van der Waals surface area contributed by atoms with E-state index in [0.717, 1.165) is 101 Å². The minimum absolute atomic E-state index is 0.0234. The monoisotopic (exact) mass is 696 g/mol. The highest BCUT2D eigenvalue weighted by Gasteiger charge is 2.24. The molecule has 2 aliphatic heterocycles. The molecule has 6 aromatic rings. The van der Waals surface area contributed by atoms with Gasteiger partial charge in [-0.2, -0.15) is 4.98 Å².